The molecule has 0 unspecified atom stereocenters. The lowest BCUT2D eigenvalue weighted by Gasteiger charge is -2.35. The second kappa shape index (κ2) is 8.91. The number of benzene rings is 1. The molecule has 1 N–H and O–H groups in total. The fourth-order valence-corrected chi connectivity index (χ4v) is 2.49. The number of aryl methyl sites for hydroxylation is 1. The molecule has 1 heterocycles. The normalized spacial score (nSPS) is 17.3. The maximum atomic E-state index is 13.6. The topological polar surface area (TPSA) is 15.3 Å². The van der Waals surface area contributed by atoms with Crippen LogP contribution in [-0.2, 0) is 0 Å². The number of nitrogens with zero attached hydrogens (tertiary/aromatic N) is 1. The number of hydrogen-bond donors (Lipinski definition) is 1. The number of nitrogens with one attached hydrogen (secondary N) is 1. The summed E-state index contributed by atoms with van der Waals surface area (Å²) in [6, 6.07) is 3.55. The zero-order valence-corrected chi connectivity index (χ0v) is 13.8. The largest absolute Gasteiger partial charge is 0.390 e. The van der Waals surface area contributed by atoms with Gasteiger partial charge in [-0.05, 0) is 24.1 Å². The Morgan fingerprint density at radius 2 is 1.77 bits per heavy atom. The van der Waals surface area contributed by atoms with Gasteiger partial charge in [-0.15, -0.1) is 24.8 Å². The average molecular weight is 363 g/mol. The third kappa shape index (κ3) is 5.91. The number of piperazine rings is 1. The molecular weight excluding hydrogens is 343 g/mol. The third-order valence-electron chi connectivity index (χ3n) is 3.60. The van der Waals surface area contributed by atoms with Crippen molar-refractivity contribution in [3.05, 3.63) is 35.1 Å². The van der Waals surface area contributed by atoms with E-state index in [2.05, 4.69) is 5.32 Å². The van der Waals surface area contributed by atoms with Crippen molar-refractivity contribution < 1.29 is 17.6 Å². The fourth-order valence-electron chi connectivity index (χ4n) is 2.49. The van der Waals surface area contributed by atoms with Gasteiger partial charge in [-0.25, -0.2) is 4.39 Å². The van der Waals surface area contributed by atoms with E-state index in [4.69, 9.17) is 0 Å². The summed E-state index contributed by atoms with van der Waals surface area (Å²) in [5.74, 6) is -0.454. The molecule has 0 aromatic heterocycles. The molecule has 1 aromatic rings. The Balaban J connectivity index is 0.00000220. The van der Waals surface area contributed by atoms with Crippen LogP contribution in [0, 0.1) is 12.7 Å². The second-order valence-corrected chi connectivity index (χ2v) is 5.13. The predicted octanol–water partition coefficient (Wildman–Crippen LogP) is 3.88. The molecule has 128 valence electrons. The third-order valence-corrected chi connectivity index (χ3v) is 3.60. The first-order valence-electron chi connectivity index (χ1n) is 6.64. The van der Waals surface area contributed by atoms with Crippen LogP contribution >= 0.6 is 24.8 Å². The van der Waals surface area contributed by atoms with Crippen LogP contribution in [0.15, 0.2) is 18.2 Å². The standard InChI is InChI=1S/C14H18F4N2.2ClH/c1-10-2-3-11(8-12(10)15)13(9-14(16,17)18)20-6-4-19-5-7-20;;/h2-3,8,13,19H,4-7,9H2,1H3;2*1H/t13-;;/m0../s1. The predicted molar refractivity (Wildman–Crippen MR) is 83.5 cm³/mol. The number of alkyl halides is 3. The molecule has 2 rings (SSSR count). The van der Waals surface area contributed by atoms with Gasteiger partial charge in [0.2, 0.25) is 0 Å². The smallest absolute Gasteiger partial charge is 0.314 e. The lowest BCUT2D eigenvalue weighted by molar-refractivity contribution is -0.148. The fraction of sp³-hybridized carbons (Fsp3) is 0.571. The van der Waals surface area contributed by atoms with Crippen LogP contribution in [0.2, 0.25) is 0 Å². The molecule has 1 aliphatic rings. The maximum Gasteiger partial charge on any atom is 0.390 e. The highest BCUT2D eigenvalue weighted by Gasteiger charge is 2.36. The highest BCUT2D eigenvalue weighted by molar-refractivity contribution is 5.85. The molecule has 2 nitrogen and oxygen atoms in total. The first kappa shape index (κ1) is 21.4. The van der Waals surface area contributed by atoms with Gasteiger partial charge in [0.1, 0.15) is 5.82 Å². The molecule has 1 saturated heterocycles. The number of halogens is 6. The van der Waals surface area contributed by atoms with E-state index in [1.807, 2.05) is 0 Å². The summed E-state index contributed by atoms with van der Waals surface area (Å²) < 4.78 is 52.0. The molecule has 0 radical (unpaired) electrons. The Morgan fingerprint density at radius 1 is 1.18 bits per heavy atom. The SMILES string of the molecule is Cc1ccc([C@H](CC(F)(F)F)N2CCNCC2)cc1F.Cl.Cl. The summed E-state index contributed by atoms with van der Waals surface area (Å²) in [6.45, 7) is 3.99. The minimum absolute atomic E-state index is 0. The van der Waals surface area contributed by atoms with E-state index in [0.717, 1.165) is 0 Å². The van der Waals surface area contributed by atoms with Crippen LogP contribution in [0.1, 0.15) is 23.6 Å². The minimum Gasteiger partial charge on any atom is -0.314 e. The Labute approximate surface area is 140 Å². The molecule has 0 amide bonds. The Hall–Kier alpha value is -0.560. The van der Waals surface area contributed by atoms with Gasteiger partial charge >= 0.3 is 6.18 Å². The first-order chi connectivity index (χ1) is 9.37. The Kier molecular flexibility index (Phi) is 8.69. The summed E-state index contributed by atoms with van der Waals surface area (Å²) in [4.78, 5) is 1.77. The summed E-state index contributed by atoms with van der Waals surface area (Å²) in [5, 5.41) is 3.11. The summed E-state index contributed by atoms with van der Waals surface area (Å²) in [5.41, 5.74) is 0.840. The molecule has 0 aliphatic carbocycles. The molecule has 0 bridgehead atoms. The van der Waals surface area contributed by atoms with E-state index in [1.54, 1.807) is 17.9 Å². The van der Waals surface area contributed by atoms with Crippen LogP contribution in [0.5, 0.6) is 0 Å². The molecule has 22 heavy (non-hydrogen) atoms. The van der Waals surface area contributed by atoms with Crippen LogP contribution in [0.4, 0.5) is 17.6 Å². The first-order valence-corrected chi connectivity index (χ1v) is 6.64. The maximum absolute atomic E-state index is 13.6. The molecular formula is C14H20Cl2F4N2. The van der Waals surface area contributed by atoms with Crippen LogP contribution in [0.3, 0.4) is 0 Å². The van der Waals surface area contributed by atoms with E-state index >= 15 is 0 Å². The highest BCUT2D eigenvalue weighted by atomic mass is 35.5. The van der Waals surface area contributed by atoms with Crippen molar-refractivity contribution in [1.29, 1.82) is 0 Å². The van der Waals surface area contributed by atoms with Crippen molar-refractivity contribution >= 4 is 24.8 Å². The van der Waals surface area contributed by atoms with Crippen LogP contribution in [0.25, 0.3) is 0 Å². The van der Waals surface area contributed by atoms with Crippen molar-refractivity contribution in [3.8, 4) is 0 Å². The van der Waals surface area contributed by atoms with Crippen LogP contribution < -0.4 is 5.32 Å². The molecule has 1 aromatic carbocycles. The van der Waals surface area contributed by atoms with Crippen molar-refractivity contribution in [1.82, 2.24) is 10.2 Å². The Bertz CT molecular complexity index is 463. The quantitative estimate of drug-likeness (QED) is 0.821. The molecule has 8 heteroatoms. The Morgan fingerprint density at radius 3 is 2.27 bits per heavy atom. The average Bonchev–Trinajstić information content (AvgIpc) is 2.39. The van der Waals surface area contributed by atoms with Gasteiger partial charge in [0, 0.05) is 32.2 Å². The monoisotopic (exact) mass is 362 g/mol. The number of rotatable bonds is 3. The van der Waals surface area contributed by atoms with Crippen molar-refractivity contribution in [2.24, 2.45) is 0 Å². The van der Waals surface area contributed by atoms with Crippen molar-refractivity contribution in [2.75, 3.05) is 26.2 Å². The molecule has 0 spiro atoms. The molecule has 1 fully saturated rings. The van der Waals surface area contributed by atoms with E-state index in [1.165, 1.54) is 12.1 Å². The van der Waals surface area contributed by atoms with Gasteiger partial charge in [-0.2, -0.15) is 13.2 Å². The highest BCUT2D eigenvalue weighted by Crippen LogP contribution is 2.34. The van der Waals surface area contributed by atoms with E-state index in [0.29, 0.717) is 37.3 Å². The van der Waals surface area contributed by atoms with Gasteiger partial charge in [0.25, 0.3) is 0 Å². The zero-order chi connectivity index (χ0) is 14.8. The number of hydrogen-bond acceptors (Lipinski definition) is 2. The summed E-state index contributed by atoms with van der Waals surface area (Å²) in [6.07, 6.45) is -5.22. The van der Waals surface area contributed by atoms with Gasteiger partial charge in [0.15, 0.2) is 0 Å². The minimum atomic E-state index is -4.27. The van der Waals surface area contributed by atoms with Crippen LogP contribution in [-0.4, -0.2) is 37.3 Å². The van der Waals surface area contributed by atoms with Crippen molar-refractivity contribution in [2.45, 2.75) is 25.6 Å². The van der Waals surface area contributed by atoms with Gasteiger partial charge < -0.3 is 5.32 Å². The second-order valence-electron chi connectivity index (χ2n) is 5.13. The zero-order valence-electron chi connectivity index (χ0n) is 12.1. The lowest BCUT2D eigenvalue weighted by Crippen LogP contribution is -2.46. The van der Waals surface area contributed by atoms with Gasteiger partial charge in [-0.1, -0.05) is 12.1 Å². The summed E-state index contributed by atoms with van der Waals surface area (Å²) in [7, 11) is 0. The van der Waals surface area contributed by atoms with E-state index < -0.39 is 24.5 Å². The lowest BCUT2D eigenvalue weighted by atomic mass is 9.99. The van der Waals surface area contributed by atoms with Gasteiger partial charge in [0.05, 0.1) is 6.42 Å². The van der Waals surface area contributed by atoms with Crippen molar-refractivity contribution in [3.63, 3.8) is 0 Å². The van der Waals surface area contributed by atoms with Gasteiger partial charge in [-0.3, -0.25) is 4.90 Å². The van der Waals surface area contributed by atoms with E-state index in [-0.39, 0.29) is 24.8 Å². The molecule has 1 atom stereocenters. The molecule has 1 aliphatic heterocycles. The van der Waals surface area contributed by atoms with E-state index in [9.17, 15) is 17.6 Å². The molecule has 0 saturated carbocycles. The summed E-state index contributed by atoms with van der Waals surface area (Å²) >= 11 is 0.